The van der Waals surface area contributed by atoms with Crippen LogP contribution in [0.15, 0.2) is 54.6 Å². The molecule has 0 spiro atoms. The van der Waals surface area contributed by atoms with Crippen molar-refractivity contribution in [2.24, 2.45) is 0 Å². The van der Waals surface area contributed by atoms with Crippen molar-refractivity contribution in [3.05, 3.63) is 71.3 Å². The first-order chi connectivity index (χ1) is 15.1. The second kappa shape index (κ2) is 11.5. The Morgan fingerprint density at radius 2 is 1.55 bits per heavy atom. The first-order valence-electron chi connectivity index (χ1n) is 11.3. The maximum atomic E-state index is 12.7. The van der Waals surface area contributed by atoms with Gasteiger partial charge in [0.15, 0.2) is 0 Å². The molecule has 0 unspecified atom stereocenters. The van der Waals surface area contributed by atoms with Crippen molar-refractivity contribution in [1.29, 1.82) is 0 Å². The van der Waals surface area contributed by atoms with Gasteiger partial charge in [-0.1, -0.05) is 56.3 Å². The van der Waals surface area contributed by atoms with E-state index in [0.717, 1.165) is 38.0 Å². The fraction of sp³-hybridized carbons (Fsp3) is 0.440. The summed E-state index contributed by atoms with van der Waals surface area (Å²) in [7, 11) is 0. The van der Waals surface area contributed by atoms with Gasteiger partial charge in [-0.15, -0.1) is 0 Å². The summed E-state index contributed by atoms with van der Waals surface area (Å²) in [6, 6.07) is 17.6. The van der Waals surface area contributed by atoms with Gasteiger partial charge >= 0.3 is 6.03 Å². The Bertz CT molecular complexity index is 844. The minimum Gasteiger partial charge on any atom is -0.349 e. The lowest BCUT2D eigenvalue weighted by Crippen LogP contribution is -2.49. The van der Waals surface area contributed by atoms with Crippen molar-refractivity contribution in [1.82, 2.24) is 20.4 Å². The highest BCUT2D eigenvalue weighted by atomic mass is 16.2. The average molecular weight is 423 g/mol. The minimum atomic E-state index is -0.0479. The fourth-order valence-electron chi connectivity index (χ4n) is 3.94. The van der Waals surface area contributed by atoms with Gasteiger partial charge in [0, 0.05) is 37.8 Å². The number of hydrogen-bond acceptors (Lipinski definition) is 3. The molecule has 1 aliphatic heterocycles. The van der Waals surface area contributed by atoms with Gasteiger partial charge in [0.05, 0.1) is 0 Å². The van der Waals surface area contributed by atoms with Crippen LogP contribution in [0, 0.1) is 0 Å². The quantitative estimate of drug-likeness (QED) is 0.683. The summed E-state index contributed by atoms with van der Waals surface area (Å²) < 4.78 is 0. The number of piperidine rings is 1. The summed E-state index contributed by atoms with van der Waals surface area (Å²) in [5, 5.41) is 6.17. The van der Waals surface area contributed by atoms with Gasteiger partial charge in [0.25, 0.3) is 5.91 Å². The van der Waals surface area contributed by atoms with Crippen LogP contribution < -0.4 is 10.6 Å². The highest BCUT2D eigenvalue weighted by Crippen LogP contribution is 2.14. The van der Waals surface area contributed by atoms with E-state index < -0.39 is 0 Å². The van der Waals surface area contributed by atoms with Gasteiger partial charge < -0.3 is 15.5 Å². The smallest absolute Gasteiger partial charge is 0.317 e. The Balaban J connectivity index is 1.46. The number of nitrogens with zero attached hydrogens (tertiary/aromatic N) is 2. The third-order valence-electron chi connectivity index (χ3n) is 5.99. The maximum absolute atomic E-state index is 12.7. The summed E-state index contributed by atoms with van der Waals surface area (Å²) in [5.41, 5.74) is 3.09. The zero-order chi connectivity index (χ0) is 22.1. The summed E-state index contributed by atoms with van der Waals surface area (Å²) in [5.74, 6) is -0.0479. The molecule has 31 heavy (non-hydrogen) atoms. The van der Waals surface area contributed by atoms with Gasteiger partial charge in [-0.2, -0.15) is 0 Å². The van der Waals surface area contributed by atoms with E-state index in [1.165, 1.54) is 5.56 Å². The van der Waals surface area contributed by atoms with Crippen LogP contribution in [0.5, 0.6) is 0 Å². The summed E-state index contributed by atoms with van der Waals surface area (Å²) >= 11 is 0. The maximum Gasteiger partial charge on any atom is 0.317 e. The Kier molecular flexibility index (Phi) is 8.47. The third kappa shape index (κ3) is 6.56. The third-order valence-corrected chi connectivity index (χ3v) is 5.99. The molecule has 0 radical (unpaired) electrons. The number of rotatable bonds is 8. The van der Waals surface area contributed by atoms with E-state index in [-0.39, 0.29) is 18.0 Å². The van der Waals surface area contributed by atoms with E-state index >= 15 is 0 Å². The van der Waals surface area contributed by atoms with Gasteiger partial charge in [-0.05, 0) is 49.2 Å². The Morgan fingerprint density at radius 3 is 2.19 bits per heavy atom. The van der Waals surface area contributed by atoms with E-state index in [1.807, 2.05) is 41.3 Å². The molecule has 2 aromatic carbocycles. The lowest BCUT2D eigenvalue weighted by atomic mass is 10.0. The van der Waals surface area contributed by atoms with Crippen molar-refractivity contribution < 1.29 is 9.59 Å². The fourth-order valence-corrected chi connectivity index (χ4v) is 3.94. The lowest BCUT2D eigenvalue weighted by molar-refractivity contribution is 0.0918. The number of amides is 3. The molecule has 3 amide bonds. The zero-order valence-corrected chi connectivity index (χ0v) is 18.6. The Morgan fingerprint density at radius 1 is 0.935 bits per heavy atom. The van der Waals surface area contributed by atoms with Crippen molar-refractivity contribution in [2.75, 3.05) is 26.2 Å². The molecule has 1 fully saturated rings. The van der Waals surface area contributed by atoms with Crippen LogP contribution in [0.1, 0.15) is 48.2 Å². The number of carbonyl (C=O) groups excluding carboxylic acids is 2. The normalized spacial score (nSPS) is 14.5. The van der Waals surface area contributed by atoms with E-state index in [0.29, 0.717) is 25.2 Å². The SMILES string of the molecule is CCN(CC)Cc1ccccc1CNC(=O)N1CCC(NC(=O)c2ccccc2)CC1. The van der Waals surface area contributed by atoms with E-state index in [9.17, 15) is 9.59 Å². The van der Waals surface area contributed by atoms with Gasteiger partial charge in [-0.3, -0.25) is 9.69 Å². The minimum absolute atomic E-state index is 0.0366. The molecule has 6 heteroatoms. The van der Waals surface area contributed by atoms with E-state index in [1.54, 1.807) is 0 Å². The molecule has 0 atom stereocenters. The van der Waals surface area contributed by atoms with Crippen LogP contribution in [0.2, 0.25) is 0 Å². The predicted octanol–water partition coefficient (Wildman–Crippen LogP) is 3.63. The van der Waals surface area contributed by atoms with Crippen LogP contribution in [-0.2, 0) is 13.1 Å². The molecule has 1 saturated heterocycles. The van der Waals surface area contributed by atoms with Crippen LogP contribution >= 0.6 is 0 Å². The second-order valence-corrected chi connectivity index (χ2v) is 7.99. The van der Waals surface area contributed by atoms with Crippen molar-refractivity contribution in [2.45, 2.75) is 45.8 Å². The summed E-state index contributed by atoms with van der Waals surface area (Å²) in [6.07, 6.45) is 1.54. The first-order valence-corrected chi connectivity index (χ1v) is 11.3. The molecular weight excluding hydrogens is 388 g/mol. The van der Waals surface area contributed by atoms with Crippen molar-refractivity contribution >= 4 is 11.9 Å². The molecule has 6 nitrogen and oxygen atoms in total. The van der Waals surface area contributed by atoms with E-state index in [4.69, 9.17) is 0 Å². The number of likely N-dealkylation sites (tertiary alicyclic amines) is 1. The lowest BCUT2D eigenvalue weighted by Gasteiger charge is -2.32. The number of urea groups is 1. The predicted molar refractivity (Wildman–Crippen MR) is 124 cm³/mol. The molecule has 0 saturated carbocycles. The van der Waals surface area contributed by atoms with Gasteiger partial charge in [0.2, 0.25) is 0 Å². The van der Waals surface area contributed by atoms with Crippen LogP contribution in [0.25, 0.3) is 0 Å². The number of carbonyl (C=O) groups is 2. The molecule has 0 bridgehead atoms. The zero-order valence-electron chi connectivity index (χ0n) is 18.6. The van der Waals surface area contributed by atoms with Crippen molar-refractivity contribution in [3.63, 3.8) is 0 Å². The topological polar surface area (TPSA) is 64.7 Å². The Labute approximate surface area is 185 Å². The van der Waals surface area contributed by atoms with E-state index in [2.05, 4.69) is 47.6 Å². The molecule has 2 aromatic rings. The molecule has 166 valence electrons. The van der Waals surface area contributed by atoms with Crippen LogP contribution in [-0.4, -0.2) is 54.0 Å². The monoisotopic (exact) mass is 422 g/mol. The van der Waals surface area contributed by atoms with Gasteiger partial charge in [0.1, 0.15) is 0 Å². The number of benzene rings is 2. The molecule has 3 rings (SSSR count). The molecule has 0 aliphatic carbocycles. The molecule has 1 aliphatic rings. The van der Waals surface area contributed by atoms with Crippen LogP contribution in [0.4, 0.5) is 4.79 Å². The number of nitrogens with one attached hydrogen (secondary N) is 2. The largest absolute Gasteiger partial charge is 0.349 e. The highest BCUT2D eigenvalue weighted by Gasteiger charge is 2.24. The molecular formula is C25H34N4O2. The summed E-state index contributed by atoms with van der Waals surface area (Å²) in [6.45, 7) is 9.06. The van der Waals surface area contributed by atoms with Gasteiger partial charge in [-0.25, -0.2) is 4.79 Å². The molecule has 1 heterocycles. The van der Waals surface area contributed by atoms with Crippen molar-refractivity contribution in [3.8, 4) is 0 Å². The Hall–Kier alpha value is -2.86. The second-order valence-electron chi connectivity index (χ2n) is 7.99. The molecule has 2 N–H and O–H groups in total. The standard InChI is InChI=1S/C25H34N4O2/c1-3-28(4-2)19-22-13-9-8-12-21(22)18-26-25(31)29-16-14-23(15-17-29)27-24(30)20-10-6-5-7-11-20/h5-13,23H,3-4,14-19H2,1-2H3,(H,26,31)(H,27,30). The molecule has 0 aromatic heterocycles. The van der Waals surface area contributed by atoms with Crippen LogP contribution in [0.3, 0.4) is 0 Å². The highest BCUT2D eigenvalue weighted by molar-refractivity contribution is 5.94. The number of hydrogen-bond donors (Lipinski definition) is 2. The average Bonchev–Trinajstić information content (AvgIpc) is 2.82. The summed E-state index contributed by atoms with van der Waals surface area (Å²) in [4.78, 5) is 29.2. The first kappa shape index (κ1) is 22.8.